The molecule has 0 spiro atoms. The van der Waals surface area contributed by atoms with Gasteiger partial charge < -0.3 is 10.1 Å². The van der Waals surface area contributed by atoms with E-state index < -0.39 is 10.0 Å². The molecule has 7 nitrogen and oxygen atoms in total. The lowest BCUT2D eigenvalue weighted by Gasteiger charge is -2.26. The Balaban J connectivity index is 1.62. The molecule has 0 unspecified atom stereocenters. The molecule has 1 aliphatic rings. The summed E-state index contributed by atoms with van der Waals surface area (Å²) in [6.07, 6.45) is 0.800. The zero-order valence-corrected chi connectivity index (χ0v) is 18.9. The van der Waals surface area contributed by atoms with Gasteiger partial charge in [0.15, 0.2) is 0 Å². The van der Waals surface area contributed by atoms with E-state index in [1.165, 1.54) is 28.6 Å². The van der Waals surface area contributed by atoms with Gasteiger partial charge in [0.1, 0.15) is 0 Å². The third kappa shape index (κ3) is 7.29. The molecule has 3 rings (SSSR count). The smallest absolute Gasteiger partial charge is 0.243 e. The normalized spacial score (nSPS) is 15.2. The predicted molar refractivity (Wildman–Crippen MR) is 120 cm³/mol. The highest BCUT2D eigenvalue weighted by atomic mass is 35.5. The monoisotopic (exact) mass is 465 g/mol. The van der Waals surface area contributed by atoms with Crippen LogP contribution in [0.25, 0.3) is 0 Å². The minimum Gasteiger partial charge on any atom is -0.379 e. The number of ether oxygens (including phenoxy) is 1. The zero-order valence-electron chi connectivity index (χ0n) is 17.4. The second kappa shape index (κ2) is 11.6. The third-order valence-electron chi connectivity index (χ3n) is 5.05. The number of halogens is 1. The molecule has 0 saturated carbocycles. The zero-order chi connectivity index (χ0) is 22.1. The van der Waals surface area contributed by atoms with Crippen LogP contribution in [-0.4, -0.2) is 69.5 Å². The molecule has 1 amide bonds. The van der Waals surface area contributed by atoms with Crippen molar-refractivity contribution in [2.24, 2.45) is 0 Å². The standard InChI is InChI=1S/C22H28ClN3O4S/c23-20-7-9-21(10-8-20)31(28,29)26(17-19-5-2-1-3-6-19)18-22(27)24-11-4-12-25-13-15-30-16-14-25/h1-3,5-10H,4,11-18H2,(H,24,27). The van der Waals surface area contributed by atoms with Crippen LogP contribution in [0.15, 0.2) is 59.5 Å². The number of hydrogen-bond donors (Lipinski definition) is 1. The van der Waals surface area contributed by atoms with Gasteiger partial charge in [-0.3, -0.25) is 9.69 Å². The average Bonchev–Trinajstić information content (AvgIpc) is 2.78. The van der Waals surface area contributed by atoms with E-state index in [1.54, 1.807) is 0 Å². The van der Waals surface area contributed by atoms with Crippen LogP contribution < -0.4 is 5.32 Å². The summed E-state index contributed by atoms with van der Waals surface area (Å²) in [4.78, 5) is 15.0. The highest BCUT2D eigenvalue weighted by Gasteiger charge is 2.27. The summed E-state index contributed by atoms with van der Waals surface area (Å²) in [7, 11) is -3.87. The molecule has 1 fully saturated rings. The van der Waals surface area contributed by atoms with E-state index in [0.717, 1.165) is 44.8 Å². The number of amides is 1. The minimum absolute atomic E-state index is 0.104. The van der Waals surface area contributed by atoms with Crippen LogP contribution in [-0.2, 0) is 26.1 Å². The molecule has 0 bridgehead atoms. The number of nitrogens with zero attached hydrogens (tertiary/aromatic N) is 2. The van der Waals surface area contributed by atoms with E-state index in [4.69, 9.17) is 16.3 Å². The second-order valence-electron chi connectivity index (χ2n) is 7.37. The maximum absolute atomic E-state index is 13.2. The van der Waals surface area contributed by atoms with Crippen molar-refractivity contribution in [3.63, 3.8) is 0 Å². The Bertz CT molecular complexity index is 933. The first-order valence-corrected chi connectivity index (χ1v) is 12.1. The second-order valence-corrected chi connectivity index (χ2v) is 9.74. The summed E-state index contributed by atoms with van der Waals surface area (Å²) in [6, 6.07) is 15.2. The molecule has 0 aliphatic carbocycles. The number of benzene rings is 2. The van der Waals surface area contributed by atoms with Crippen LogP contribution in [0.2, 0.25) is 5.02 Å². The molecule has 1 aliphatic heterocycles. The van der Waals surface area contributed by atoms with Crippen molar-refractivity contribution in [3.8, 4) is 0 Å². The summed E-state index contributed by atoms with van der Waals surface area (Å²) in [5, 5.41) is 3.30. The molecular formula is C22H28ClN3O4S. The van der Waals surface area contributed by atoms with Gasteiger partial charge in [0.05, 0.1) is 24.7 Å². The van der Waals surface area contributed by atoms with E-state index in [9.17, 15) is 13.2 Å². The van der Waals surface area contributed by atoms with E-state index in [1.807, 2.05) is 30.3 Å². The van der Waals surface area contributed by atoms with Crippen LogP contribution >= 0.6 is 11.6 Å². The van der Waals surface area contributed by atoms with Crippen molar-refractivity contribution >= 4 is 27.5 Å². The number of carbonyl (C=O) groups excluding carboxylic acids is 1. The Labute approximate surface area is 189 Å². The van der Waals surface area contributed by atoms with E-state index >= 15 is 0 Å². The molecule has 1 heterocycles. The number of carbonyl (C=O) groups is 1. The minimum atomic E-state index is -3.87. The lowest BCUT2D eigenvalue weighted by atomic mass is 10.2. The molecule has 0 radical (unpaired) electrons. The van der Waals surface area contributed by atoms with Gasteiger partial charge in [0, 0.05) is 31.2 Å². The van der Waals surface area contributed by atoms with E-state index in [-0.39, 0.29) is 23.9 Å². The van der Waals surface area contributed by atoms with Gasteiger partial charge in [-0.1, -0.05) is 41.9 Å². The topological polar surface area (TPSA) is 79.0 Å². The molecule has 1 N–H and O–H groups in total. The highest BCUT2D eigenvalue weighted by molar-refractivity contribution is 7.89. The summed E-state index contributed by atoms with van der Waals surface area (Å²) in [5.41, 5.74) is 0.806. The number of nitrogens with one attached hydrogen (secondary N) is 1. The Morgan fingerprint density at radius 1 is 1.06 bits per heavy atom. The van der Waals surface area contributed by atoms with Crippen LogP contribution in [0.4, 0.5) is 0 Å². The van der Waals surface area contributed by atoms with E-state index in [0.29, 0.717) is 11.6 Å². The van der Waals surface area contributed by atoms with E-state index in [2.05, 4.69) is 10.2 Å². The summed E-state index contributed by atoms with van der Waals surface area (Å²) in [5.74, 6) is -0.324. The van der Waals surface area contributed by atoms with Crippen LogP contribution in [0, 0.1) is 0 Å². The van der Waals surface area contributed by atoms with Gasteiger partial charge in [0.2, 0.25) is 15.9 Å². The van der Waals surface area contributed by atoms with Gasteiger partial charge in [-0.15, -0.1) is 0 Å². The molecule has 2 aromatic carbocycles. The first-order valence-electron chi connectivity index (χ1n) is 10.3. The summed E-state index contributed by atoms with van der Waals surface area (Å²) >= 11 is 5.90. The van der Waals surface area contributed by atoms with Gasteiger partial charge in [0.25, 0.3) is 0 Å². The number of hydrogen-bond acceptors (Lipinski definition) is 5. The number of morpholine rings is 1. The Morgan fingerprint density at radius 2 is 1.74 bits per heavy atom. The molecule has 9 heteroatoms. The van der Waals surface area contributed by atoms with Crippen molar-refractivity contribution < 1.29 is 17.9 Å². The number of sulfonamides is 1. The number of rotatable bonds is 10. The van der Waals surface area contributed by atoms with Crippen LogP contribution in [0.1, 0.15) is 12.0 Å². The Hall–Kier alpha value is -1.97. The first kappa shape index (κ1) is 23.7. The van der Waals surface area contributed by atoms with Crippen molar-refractivity contribution in [3.05, 3.63) is 65.2 Å². The lowest BCUT2D eigenvalue weighted by molar-refractivity contribution is -0.121. The first-order chi connectivity index (χ1) is 14.9. The SMILES string of the molecule is O=C(CN(Cc1ccccc1)S(=O)(=O)c1ccc(Cl)cc1)NCCCN1CCOCC1. The molecule has 0 aromatic heterocycles. The van der Waals surface area contributed by atoms with Crippen molar-refractivity contribution in [1.82, 2.24) is 14.5 Å². The quantitative estimate of drug-likeness (QED) is 0.545. The maximum Gasteiger partial charge on any atom is 0.243 e. The summed E-state index contributed by atoms with van der Waals surface area (Å²) in [6.45, 7) is 4.50. The third-order valence-corrected chi connectivity index (χ3v) is 7.11. The average molecular weight is 466 g/mol. The fourth-order valence-electron chi connectivity index (χ4n) is 3.34. The molecular weight excluding hydrogens is 438 g/mol. The lowest BCUT2D eigenvalue weighted by Crippen LogP contribution is -2.41. The van der Waals surface area contributed by atoms with Crippen molar-refractivity contribution in [1.29, 1.82) is 0 Å². The van der Waals surface area contributed by atoms with Gasteiger partial charge >= 0.3 is 0 Å². The van der Waals surface area contributed by atoms with Crippen molar-refractivity contribution in [2.45, 2.75) is 17.9 Å². The largest absolute Gasteiger partial charge is 0.379 e. The molecule has 2 aromatic rings. The molecule has 31 heavy (non-hydrogen) atoms. The fourth-order valence-corrected chi connectivity index (χ4v) is 4.85. The molecule has 1 saturated heterocycles. The van der Waals surface area contributed by atoms with Gasteiger partial charge in [-0.2, -0.15) is 4.31 Å². The van der Waals surface area contributed by atoms with Crippen LogP contribution in [0.3, 0.4) is 0 Å². The highest BCUT2D eigenvalue weighted by Crippen LogP contribution is 2.20. The molecule has 0 atom stereocenters. The fraction of sp³-hybridized carbons (Fsp3) is 0.409. The predicted octanol–water partition coefficient (Wildman–Crippen LogP) is 2.37. The Kier molecular flexibility index (Phi) is 8.86. The maximum atomic E-state index is 13.2. The van der Waals surface area contributed by atoms with Crippen LogP contribution in [0.5, 0.6) is 0 Å². The van der Waals surface area contributed by atoms with Gasteiger partial charge in [-0.25, -0.2) is 8.42 Å². The summed E-state index contributed by atoms with van der Waals surface area (Å²) < 4.78 is 32.9. The molecule has 168 valence electrons. The van der Waals surface area contributed by atoms with Gasteiger partial charge in [-0.05, 0) is 42.8 Å². The Morgan fingerprint density at radius 3 is 2.42 bits per heavy atom. The van der Waals surface area contributed by atoms with Crippen molar-refractivity contribution in [2.75, 3.05) is 45.9 Å².